The molecule has 1 N–H and O–H groups in total. The van der Waals surface area contributed by atoms with E-state index >= 15 is 0 Å². The first kappa shape index (κ1) is 13.6. The van der Waals surface area contributed by atoms with Crippen LogP contribution in [0, 0.1) is 12.8 Å². The van der Waals surface area contributed by atoms with Gasteiger partial charge >= 0.3 is 5.97 Å². The van der Waals surface area contributed by atoms with E-state index in [0.29, 0.717) is 31.6 Å². The highest BCUT2D eigenvalue weighted by atomic mass is 16.4. The highest BCUT2D eigenvalue weighted by Crippen LogP contribution is 2.19. The number of imidazole rings is 1. The number of aromatic nitrogens is 2. The summed E-state index contributed by atoms with van der Waals surface area (Å²) in [4.78, 5) is 29.4. The molecule has 2 aromatic heterocycles. The van der Waals surface area contributed by atoms with Crippen molar-refractivity contribution in [3.8, 4) is 0 Å². The maximum Gasteiger partial charge on any atom is 0.306 e. The number of piperidine rings is 1. The Balaban J connectivity index is 1.76. The van der Waals surface area contributed by atoms with Gasteiger partial charge in [-0.25, -0.2) is 4.98 Å². The molecule has 1 aliphatic rings. The van der Waals surface area contributed by atoms with Gasteiger partial charge in [0.25, 0.3) is 5.91 Å². The summed E-state index contributed by atoms with van der Waals surface area (Å²) in [6, 6.07) is 3.88. The summed E-state index contributed by atoms with van der Waals surface area (Å²) >= 11 is 0. The van der Waals surface area contributed by atoms with Crippen LogP contribution < -0.4 is 0 Å². The van der Waals surface area contributed by atoms with Crippen molar-refractivity contribution in [1.82, 2.24) is 14.3 Å². The third-order valence-electron chi connectivity index (χ3n) is 3.97. The van der Waals surface area contributed by atoms with Crippen molar-refractivity contribution in [2.24, 2.45) is 5.92 Å². The molecule has 6 nitrogen and oxygen atoms in total. The summed E-state index contributed by atoms with van der Waals surface area (Å²) in [6.45, 7) is 2.93. The number of amides is 1. The van der Waals surface area contributed by atoms with E-state index in [2.05, 4.69) is 4.98 Å². The molecule has 110 valence electrons. The third-order valence-corrected chi connectivity index (χ3v) is 3.97. The summed E-state index contributed by atoms with van der Waals surface area (Å²) in [7, 11) is 0. The van der Waals surface area contributed by atoms with Gasteiger partial charge in [-0.1, -0.05) is 0 Å². The average molecular weight is 287 g/mol. The van der Waals surface area contributed by atoms with Gasteiger partial charge in [-0.2, -0.15) is 0 Å². The molecular weight excluding hydrogens is 270 g/mol. The number of hydrogen-bond acceptors (Lipinski definition) is 3. The minimum absolute atomic E-state index is 0.125. The van der Waals surface area contributed by atoms with Crippen LogP contribution in [0.2, 0.25) is 0 Å². The minimum Gasteiger partial charge on any atom is -0.481 e. The van der Waals surface area contributed by atoms with Crippen molar-refractivity contribution < 1.29 is 14.7 Å². The number of carbonyl (C=O) groups is 2. The largest absolute Gasteiger partial charge is 0.481 e. The number of rotatable bonds is 2. The van der Waals surface area contributed by atoms with Gasteiger partial charge in [-0.3, -0.25) is 9.59 Å². The highest BCUT2D eigenvalue weighted by molar-refractivity contribution is 5.93. The van der Waals surface area contributed by atoms with Crippen LogP contribution >= 0.6 is 0 Å². The fraction of sp³-hybridized carbons (Fsp3) is 0.400. The lowest BCUT2D eigenvalue weighted by Gasteiger charge is -2.29. The zero-order chi connectivity index (χ0) is 15.0. The maximum atomic E-state index is 12.4. The van der Waals surface area contributed by atoms with Gasteiger partial charge in [0, 0.05) is 25.5 Å². The average Bonchev–Trinajstić information content (AvgIpc) is 2.89. The molecule has 3 heterocycles. The molecule has 0 bridgehead atoms. The van der Waals surface area contributed by atoms with Crippen molar-refractivity contribution in [3.05, 3.63) is 35.8 Å². The molecule has 0 atom stereocenters. The van der Waals surface area contributed by atoms with Crippen LogP contribution in [0.4, 0.5) is 0 Å². The first-order valence-electron chi connectivity index (χ1n) is 7.02. The van der Waals surface area contributed by atoms with E-state index in [0.717, 1.165) is 11.2 Å². The van der Waals surface area contributed by atoms with Crippen LogP contribution in [-0.4, -0.2) is 44.4 Å². The SMILES string of the molecule is Cc1ccn2cc(C(=O)N3CCC(C(=O)O)CC3)nc2c1. The Bertz CT molecular complexity index is 699. The quantitative estimate of drug-likeness (QED) is 0.910. The van der Waals surface area contributed by atoms with E-state index in [1.54, 1.807) is 11.1 Å². The third kappa shape index (κ3) is 2.61. The van der Waals surface area contributed by atoms with E-state index in [1.165, 1.54) is 0 Å². The van der Waals surface area contributed by atoms with Gasteiger partial charge in [-0.05, 0) is 37.5 Å². The molecule has 6 heteroatoms. The van der Waals surface area contributed by atoms with Crippen LogP contribution in [0.3, 0.4) is 0 Å². The lowest BCUT2D eigenvalue weighted by molar-refractivity contribution is -0.143. The number of likely N-dealkylation sites (tertiary alicyclic amines) is 1. The molecule has 1 fully saturated rings. The number of aryl methyl sites for hydroxylation is 1. The molecule has 3 rings (SSSR count). The van der Waals surface area contributed by atoms with Gasteiger partial charge in [0.05, 0.1) is 5.92 Å². The molecule has 1 aliphatic heterocycles. The summed E-state index contributed by atoms with van der Waals surface area (Å²) in [5.74, 6) is -1.23. The van der Waals surface area contributed by atoms with Crippen LogP contribution in [0.5, 0.6) is 0 Å². The predicted octanol–water partition coefficient (Wildman–Crippen LogP) is 1.58. The number of pyridine rings is 1. The van der Waals surface area contributed by atoms with Crippen LogP contribution in [0.1, 0.15) is 28.9 Å². The van der Waals surface area contributed by atoms with Crippen LogP contribution in [0.25, 0.3) is 5.65 Å². The summed E-state index contributed by atoms with van der Waals surface area (Å²) in [5, 5.41) is 8.98. The standard InChI is InChI=1S/C15H17N3O3/c1-10-2-5-18-9-12(16-13(18)8-10)14(19)17-6-3-11(4-7-17)15(20)21/h2,5,8-9,11H,3-4,6-7H2,1H3,(H,20,21). The lowest BCUT2D eigenvalue weighted by Crippen LogP contribution is -2.40. The van der Waals surface area contributed by atoms with E-state index in [9.17, 15) is 9.59 Å². The Morgan fingerprint density at radius 3 is 2.71 bits per heavy atom. The van der Waals surface area contributed by atoms with Crippen molar-refractivity contribution in [2.45, 2.75) is 19.8 Å². The number of hydrogen-bond donors (Lipinski definition) is 1. The molecule has 0 radical (unpaired) electrons. The second kappa shape index (κ2) is 5.20. The Morgan fingerprint density at radius 1 is 1.33 bits per heavy atom. The first-order valence-corrected chi connectivity index (χ1v) is 7.02. The normalized spacial score (nSPS) is 16.3. The summed E-state index contributed by atoms with van der Waals surface area (Å²) < 4.78 is 1.82. The number of carbonyl (C=O) groups excluding carboxylic acids is 1. The fourth-order valence-electron chi connectivity index (χ4n) is 2.68. The Labute approximate surface area is 122 Å². The van der Waals surface area contributed by atoms with Gasteiger partial charge in [0.1, 0.15) is 11.3 Å². The smallest absolute Gasteiger partial charge is 0.306 e. The van der Waals surface area contributed by atoms with Crippen molar-refractivity contribution >= 4 is 17.5 Å². The molecule has 2 aromatic rings. The second-order valence-electron chi connectivity index (χ2n) is 5.50. The minimum atomic E-state index is -0.773. The Hall–Kier alpha value is -2.37. The van der Waals surface area contributed by atoms with Crippen molar-refractivity contribution in [1.29, 1.82) is 0 Å². The van der Waals surface area contributed by atoms with Gasteiger partial charge in [0.15, 0.2) is 0 Å². The summed E-state index contributed by atoms with van der Waals surface area (Å²) in [6.07, 6.45) is 4.62. The molecule has 1 amide bonds. The van der Waals surface area contributed by atoms with Crippen molar-refractivity contribution in [2.75, 3.05) is 13.1 Å². The van der Waals surface area contributed by atoms with Crippen molar-refractivity contribution in [3.63, 3.8) is 0 Å². The molecule has 0 aliphatic carbocycles. The zero-order valence-electron chi connectivity index (χ0n) is 11.8. The number of carboxylic acid groups (broad SMARTS) is 1. The van der Waals surface area contributed by atoms with Gasteiger partial charge in [0.2, 0.25) is 0 Å². The number of aliphatic carboxylic acids is 1. The number of carboxylic acids is 1. The van der Waals surface area contributed by atoms with Gasteiger partial charge < -0.3 is 14.4 Å². The molecule has 0 unspecified atom stereocenters. The topological polar surface area (TPSA) is 74.9 Å². The lowest BCUT2D eigenvalue weighted by atomic mass is 9.97. The molecule has 0 spiro atoms. The Morgan fingerprint density at radius 2 is 2.05 bits per heavy atom. The monoisotopic (exact) mass is 287 g/mol. The first-order chi connectivity index (χ1) is 10.0. The highest BCUT2D eigenvalue weighted by Gasteiger charge is 2.28. The van der Waals surface area contributed by atoms with E-state index in [1.807, 2.05) is 29.7 Å². The second-order valence-corrected chi connectivity index (χ2v) is 5.50. The van der Waals surface area contributed by atoms with E-state index < -0.39 is 5.97 Å². The fourth-order valence-corrected chi connectivity index (χ4v) is 2.68. The van der Waals surface area contributed by atoms with E-state index in [-0.39, 0.29) is 11.8 Å². The molecular formula is C15H17N3O3. The van der Waals surface area contributed by atoms with Crippen LogP contribution in [0.15, 0.2) is 24.5 Å². The molecule has 1 saturated heterocycles. The number of nitrogens with zero attached hydrogens (tertiary/aromatic N) is 3. The Kier molecular flexibility index (Phi) is 3.37. The number of fused-ring (bicyclic) bond motifs is 1. The maximum absolute atomic E-state index is 12.4. The van der Waals surface area contributed by atoms with Crippen LogP contribution in [-0.2, 0) is 4.79 Å². The van der Waals surface area contributed by atoms with Gasteiger partial charge in [-0.15, -0.1) is 0 Å². The predicted molar refractivity (Wildman–Crippen MR) is 76.2 cm³/mol. The molecule has 0 saturated carbocycles. The molecule has 0 aromatic carbocycles. The summed E-state index contributed by atoms with van der Waals surface area (Å²) in [5.41, 5.74) is 2.25. The molecule has 21 heavy (non-hydrogen) atoms. The van der Waals surface area contributed by atoms with E-state index in [4.69, 9.17) is 5.11 Å². The zero-order valence-corrected chi connectivity index (χ0v) is 11.8.